The van der Waals surface area contributed by atoms with Gasteiger partial charge >= 0.3 is 0 Å². The summed E-state index contributed by atoms with van der Waals surface area (Å²) in [7, 11) is 0. The Morgan fingerprint density at radius 2 is 2.45 bits per heavy atom. The van der Waals surface area contributed by atoms with E-state index in [0.29, 0.717) is 30.0 Å². The number of aliphatic imine (C=N–C) groups is 1. The van der Waals surface area contributed by atoms with Crippen molar-refractivity contribution in [2.24, 2.45) is 10.7 Å². The van der Waals surface area contributed by atoms with Crippen LogP contribution >= 0.6 is 0 Å². The number of piperazine rings is 1. The molecular formula is C15H25N7. The van der Waals surface area contributed by atoms with Gasteiger partial charge in [0.05, 0.1) is 12.1 Å². The molecule has 0 radical (unpaired) electrons. The summed E-state index contributed by atoms with van der Waals surface area (Å²) in [5.41, 5.74) is 6.84. The second-order valence-corrected chi connectivity index (χ2v) is 5.41. The van der Waals surface area contributed by atoms with Crippen molar-refractivity contribution in [3.05, 3.63) is 17.8 Å². The van der Waals surface area contributed by atoms with Gasteiger partial charge in [-0.05, 0) is 19.4 Å². The monoisotopic (exact) mass is 303 g/mol. The third-order valence-electron chi connectivity index (χ3n) is 3.67. The maximum Gasteiger partial charge on any atom is 0.175 e. The topological polar surface area (TPSA) is 106 Å². The van der Waals surface area contributed by atoms with Crippen molar-refractivity contribution in [3.8, 4) is 0 Å². The second kappa shape index (κ2) is 7.74. The zero-order valence-electron chi connectivity index (χ0n) is 13.3. The molecule has 7 nitrogen and oxygen atoms in total. The minimum Gasteiger partial charge on any atom is -0.387 e. The van der Waals surface area contributed by atoms with Gasteiger partial charge < -0.3 is 16.0 Å². The Hall–Kier alpha value is -2.15. The molecule has 1 fully saturated rings. The molecule has 120 valence electrons. The number of amidine groups is 2. The van der Waals surface area contributed by atoms with E-state index in [2.05, 4.69) is 32.3 Å². The summed E-state index contributed by atoms with van der Waals surface area (Å²) in [6, 6.07) is 2.27. The van der Waals surface area contributed by atoms with Crippen LogP contribution in [0.2, 0.25) is 0 Å². The Bertz CT molecular complexity index is 558. The predicted molar refractivity (Wildman–Crippen MR) is 90.6 cm³/mol. The van der Waals surface area contributed by atoms with Crippen LogP contribution in [0.5, 0.6) is 0 Å². The first kappa shape index (κ1) is 16.2. The van der Waals surface area contributed by atoms with Gasteiger partial charge in [0.1, 0.15) is 11.7 Å². The van der Waals surface area contributed by atoms with Crippen molar-refractivity contribution < 1.29 is 0 Å². The smallest absolute Gasteiger partial charge is 0.175 e. The van der Waals surface area contributed by atoms with Gasteiger partial charge in [0, 0.05) is 31.7 Å². The molecule has 1 aliphatic heterocycles. The van der Waals surface area contributed by atoms with Crippen LogP contribution in [0, 0.1) is 5.41 Å². The van der Waals surface area contributed by atoms with Crippen molar-refractivity contribution in [1.29, 1.82) is 5.41 Å². The molecule has 1 saturated heterocycles. The summed E-state index contributed by atoms with van der Waals surface area (Å²) in [4.78, 5) is 6.34. The van der Waals surface area contributed by atoms with E-state index in [9.17, 15) is 0 Å². The lowest BCUT2D eigenvalue weighted by molar-refractivity contribution is 0.283. The molecule has 2 heterocycles. The number of aromatic amines is 1. The number of aromatic nitrogens is 2. The molecule has 5 N–H and O–H groups in total. The number of hydrogen-bond donors (Lipinski definition) is 4. The maximum absolute atomic E-state index is 8.21. The fourth-order valence-electron chi connectivity index (χ4n) is 2.46. The number of allylic oxidation sites excluding steroid dienone is 1. The first-order valence-electron chi connectivity index (χ1n) is 7.69. The van der Waals surface area contributed by atoms with Crippen molar-refractivity contribution in [2.75, 3.05) is 19.6 Å². The summed E-state index contributed by atoms with van der Waals surface area (Å²) in [6.07, 6.45) is 5.25. The molecule has 0 aromatic carbocycles. The standard InChI is InChI=1S/C15H25N7/c1-3-5-12-8-15(21-20-12)19-13(16)9-14(17)22-7-6-18-11(4-2)10-22/h3,5,8,11,17-18H,4,6-7,9-10H2,1-2H3,(H3,16,19,20,21)/b5-3+,17-14?. The number of H-pyrrole nitrogens is 1. The van der Waals surface area contributed by atoms with E-state index in [4.69, 9.17) is 11.1 Å². The van der Waals surface area contributed by atoms with Crippen LogP contribution in [0.3, 0.4) is 0 Å². The lowest BCUT2D eigenvalue weighted by atomic mass is 10.1. The summed E-state index contributed by atoms with van der Waals surface area (Å²) in [6.45, 7) is 6.70. The third kappa shape index (κ3) is 4.42. The molecule has 2 rings (SSSR count). The van der Waals surface area contributed by atoms with Gasteiger partial charge in [-0.3, -0.25) is 10.5 Å². The average molecular weight is 303 g/mol. The van der Waals surface area contributed by atoms with Crippen molar-refractivity contribution >= 4 is 23.6 Å². The third-order valence-corrected chi connectivity index (χ3v) is 3.67. The SMILES string of the molecule is C/C=C/c1cc(N=C(N)CC(=N)N2CCNC(CC)C2)n[nH]1. The van der Waals surface area contributed by atoms with Crippen molar-refractivity contribution in [2.45, 2.75) is 32.7 Å². The molecule has 0 amide bonds. The van der Waals surface area contributed by atoms with Crippen LogP contribution in [0.4, 0.5) is 5.82 Å². The van der Waals surface area contributed by atoms with Crippen LogP contribution in [-0.4, -0.2) is 52.4 Å². The maximum atomic E-state index is 8.21. The first-order valence-corrected chi connectivity index (χ1v) is 7.69. The van der Waals surface area contributed by atoms with E-state index >= 15 is 0 Å². The molecule has 0 bridgehead atoms. The highest BCUT2D eigenvalue weighted by Crippen LogP contribution is 2.11. The fraction of sp³-hybridized carbons (Fsp3) is 0.533. The number of nitrogens with two attached hydrogens (primary N) is 1. The molecule has 1 aromatic heterocycles. The quantitative estimate of drug-likeness (QED) is 0.488. The average Bonchev–Trinajstić information content (AvgIpc) is 2.94. The highest BCUT2D eigenvalue weighted by molar-refractivity contribution is 6.01. The summed E-state index contributed by atoms with van der Waals surface area (Å²) < 4.78 is 0. The molecule has 22 heavy (non-hydrogen) atoms. The molecular weight excluding hydrogens is 278 g/mol. The Labute approximate surface area is 131 Å². The van der Waals surface area contributed by atoms with Crippen molar-refractivity contribution in [3.63, 3.8) is 0 Å². The van der Waals surface area contributed by atoms with E-state index < -0.39 is 0 Å². The van der Waals surface area contributed by atoms with Gasteiger partial charge in [0.15, 0.2) is 5.82 Å². The van der Waals surface area contributed by atoms with E-state index in [0.717, 1.165) is 31.7 Å². The Balaban J connectivity index is 1.93. The van der Waals surface area contributed by atoms with E-state index in [1.165, 1.54) is 0 Å². The molecule has 7 heteroatoms. The largest absolute Gasteiger partial charge is 0.387 e. The van der Waals surface area contributed by atoms with Crippen LogP contribution in [0.1, 0.15) is 32.4 Å². The van der Waals surface area contributed by atoms with E-state index in [-0.39, 0.29) is 0 Å². The molecule has 0 aliphatic carbocycles. The lowest BCUT2D eigenvalue weighted by Crippen LogP contribution is -2.52. The second-order valence-electron chi connectivity index (χ2n) is 5.41. The van der Waals surface area contributed by atoms with E-state index in [1.54, 1.807) is 0 Å². The van der Waals surface area contributed by atoms with Crippen LogP contribution in [0.25, 0.3) is 6.08 Å². The van der Waals surface area contributed by atoms with Crippen LogP contribution in [-0.2, 0) is 0 Å². The highest BCUT2D eigenvalue weighted by atomic mass is 15.2. The lowest BCUT2D eigenvalue weighted by Gasteiger charge is -2.34. The van der Waals surface area contributed by atoms with Gasteiger partial charge in [-0.1, -0.05) is 13.0 Å². The number of nitrogens with zero attached hydrogens (tertiary/aromatic N) is 3. The van der Waals surface area contributed by atoms with Crippen LogP contribution in [0.15, 0.2) is 17.1 Å². The van der Waals surface area contributed by atoms with Crippen LogP contribution < -0.4 is 11.1 Å². The Morgan fingerprint density at radius 1 is 1.64 bits per heavy atom. The summed E-state index contributed by atoms with van der Waals surface area (Å²) in [5.74, 6) is 1.48. The first-order chi connectivity index (χ1) is 10.6. The molecule has 1 unspecified atom stereocenters. The fourth-order valence-corrected chi connectivity index (χ4v) is 2.46. The molecule has 1 aromatic rings. The van der Waals surface area contributed by atoms with Crippen molar-refractivity contribution in [1.82, 2.24) is 20.4 Å². The minimum absolute atomic E-state index is 0.349. The Kier molecular flexibility index (Phi) is 5.71. The van der Waals surface area contributed by atoms with Gasteiger partial charge in [0.2, 0.25) is 0 Å². The normalized spacial score (nSPS) is 19.8. The zero-order chi connectivity index (χ0) is 15.9. The molecule has 1 aliphatic rings. The zero-order valence-corrected chi connectivity index (χ0v) is 13.3. The number of rotatable bonds is 5. The van der Waals surface area contributed by atoms with E-state index in [1.807, 2.05) is 25.1 Å². The molecule has 1 atom stereocenters. The highest BCUT2D eigenvalue weighted by Gasteiger charge is 2.20. The summed E-state index contributed by atoms with van der Waals surface area (Å²) >= 11 is 0. The number of nitrogens with one attached hydrogen (secondary N) is 3. The van der Waals surface area contributed by atoms with Gasteiger partial charge in [0.25, 0.3) is 0 Å². The van der Waals surface area contributed by atoms with Gasteiger partial charge in [-0.25, -0.2) is 4.99 Å². The molecule has 0 spiro atoms. The molecule has 0 saturated carbocycles. The number of hydrogen-bond acceptors (Lipinski definition) is 4. The minimum atomic E-state index is 0.349. The van der Waals surface area contributed by atoms with Gasteiger partial charge in [-0.15, -0.1) is 0 Å². The van der Waals surface area contributed by atoms with Gasteiger partial charge in [-0.2, -0.15) is 5.10 Å². The predicted octanol–water partition coefficient (Wildman–Crippen LogP) is 1.48. The Morgan fingerprint density at radius 3 is 3.18 bits per heavy atom. The summed E-state index contributed by atoms with van der Waals surface area (Å²) in [5, 5.41) is 18.6.